The van der Waals surface area contributed by atoms with Gasteiger partial charge in [-0.3, -0.25) is 0 Å². The maximum Gasteiger partial charge on any atom is 0.259 e. The molecular formula is C23H28FN5O2S2. The molecule has 0 saturated heterocycles. The van der Waals surface area contributed by atoms with Crippen molar-refractivity contribution in [3.63, 3.8) is 0 Å². The van der Waals surface area contributed by atoms with E-state index in [1.807, 2.05) is 6.07 Å². The average Bonchev–Trinajstić information content (AvgIpc) is 3.37. The molecule has 1 fully saturated rings. The van der Waals surface area contributed by atoms with E-state index < -0.39 is 10.0 Å². The smallest absolute Gasteiger partial charge is 0.259 e. The van der Waals surface area contributed by atoms with Crippen LogP contribution in [-0.4, -0.2) is 35.5 Å². The minimum atomic E-state index is -3.57. The standard InChI is InChI=1S/C23H28FN5O2S2/c1-29-13-21(25-14-29)33(30,31)26-12-15-5-9-18(10-6-15)27-23-28-22-19-11-17(24)8-7-16(19)3-2-4-20(22)32-23/h7-8,11,13-15,18,26H,2-6,9-10,12H2,1H3,(H,27,28)/t15-,18-. The van der Waals surface area contributed by atoms with Gasteiger partial charge in [0.1, 0.15) is 5.82 Å². The predicted molar refractivity (Wildman–Crippen MR) is 127 cm³/mol. The number of nitrogens with one attached hydrogen (secondary N) is 2. The van der Waals surface area contributed by atoms with Crippen molar-refractivity contribution in [2.24, 2.45) is 13.0 Å². The molecule has 1 aromatic carbocycles. The van der Waals surface area contributed by atoms with E-state index in [0.717, 1.165) is 61.3 Å². The topological polar surface area (TPSA) is 88.9 Å². The molecule has 0 bridgehead atoms. The van der Waals surface area contributed by atoms with Crippen molar-refractivity contribution in [1.29, 1.82) is 0 Å². The third-order valence-corrected chi connectivity index (χ3v) is 8.92. The predicted octanol–water partition coefficient (Wildman–Crippen LogP) is 4.12. The molecule has 0 spiro atoms. The second kappa shape index (κ2) is 9.15. The molecule has 0 aliphatic heterocycles. The third-order valence-electron chi connectivity index (χ3n) is 6.57. The number of benzene rings is 1. The fraction of sp³-hybridized carbons (Fsp3) is 0.478. The molecule has 0 amide bonds. The summed E-state index contributed by atoms with van der Waals surface area (Å²) in [5.74, 6) is 0.0884. The maximum atomic E-state index is 13.9. The fourth-order valence-electron chi connectivity index (χ4n) is 4.73. The Bertz CT molecular complexity index is 1250. The van der Waals surface area contributed by atoms with Gasteiger partial charge in [0, 0.05) is 36.3 Å². The molecule has 0 unspecified atom stereocenters. The normalized spacial score (nSPS) is 20.7. The van der Waals surface area contributed by atoms with Crippen LogP contribution in [-0.2, 0) is 29.9 Å². The summed E-state index contributed by atoms with van der Waals surface area (Å²) in [6.07, 6.45) is 9.78. The Morgan fingerprint density at radius 2 is 2.03 bits per heavy atom. The molecule has 10 heteroatoms. The van der Waals surface area contributed by atoms with Crippen molar-refractivity contribution < 1.29 is 12.8 Å². The van der Waals surface area contributed by atoms with Crippen LogP contribution in [0.4, 0.5) is 9.52 Å². The lowest BCUT2D eigenvalue weighted by Crippen LogP contribution is -2.34. The molecule has 5 rings (SSSR count). The highest BCUT2D eigenvalue weighted by atomic mass is 32.2. The lowest BCUT2D eigenvalue weighted by Gasteiger charge is -2.29. The lowest BCUT2D eigenvalue weighted by atomic mass is 9.86. The highest BCUT2D eigenvalue weighted by molar-refractivity contribution is 7.89. The van der Waals surface area contributed by atoms with Gasteiger partial charge in [0.15, 0.2) is 10.2 Å². The number of anilines is 1. The zero-order valence-corrected chi connectivity index (χ0v) is 20.2. The van der Waals surface area contributed by atoms with Gasteiger partial charge in [-0.1, -0.05) is 6.07 Å². The average molecular weight is 490 g/mol. The summed E-state index contributed by atoms with van der Waals surface area (Å²) in [5.41, 5.74) is 3.02. The Labute approximate surface area is 197 Å². The number of aryl methyl sites for hydroxylation is 3. The summed E-state index contributed by atoms with van der Waals surface area (Å²) in [6.45, 7) is 0.430. The van der Waals surface area contributed by atoms with Crippen LogP contribution < -0.4 is 10.0 Å². The maximum absolute atomic E-state index is 13.9. The summed E-state index contributed by atoms with van der Waals surface area (Å²) in [4.78, 5) is 10.0. The Morgan fingerprint density at radius 3 is 2.79 bits per heavy atom. The fourth-order valence-corrected chi connectivity index (χ4v) is 6.92. The lowest BCUT2D eigenvalue weighted by molar-refractivity contribution is 0.337. The minimum absolute atomic E-state index is 0.0605. The number of halogens is 1. The number of imidazole rings is 1. The summed E-state index contributed by atoms with van der Waals surface area (Å²) in [6, 6.07) is 5.34. The number of hydrogen-bond acceptors (Lipinski definition) is 6. The van der Waals surface area contributed by atoms with Crippen molar-refractivity contribution in [3.8, 4) is 11.3 Å². The van der Waals surface area contributed by atoms with Crippen LogP contribution in [0, 0.1) is 11.7 Å². The molecule has 3 aromatic rings. The Balaban J connectivity index is 1.18. The number of hydrogen-bond donors (Lipinski definition) is 2. The molecular weight excluding hydrogens is 461 g/mol. The van der Waals surface area contributed by atoms with E-state index in [4.69, 9.17) is 4.98 Å². The molecule has 2 N–H and O–H groups in total. The SMILES string of the molecule is Cn1cnc(S(=O)(=O)NC[C@H]2CC[C@H](Nc3nc4c(s3)CCCc3ccc(F)cc3-4)CC2)c1. The molecule has 2 aliphatic carbocycles. The molecule has 1 saturated carbocycles. The van der Waals surface area contributed by atoms with E-state index in [-0.39, 0.29) is 10.8 Å². The van der Waals surface area contributed by atoms with Crippen LogP contribution in [0.1, 0.15) is 42.5 Å². The molecule has 0 radical (unpaired) electrons. The van der Waals surface area contributed by atoms with Crippen LogP contribution in [0.15, 0.2) is 35.7 Å². The van der Waals surface area contributed by atoms with Crippen molar-refractivity contribution in [1.82, 2.24) is 19.3 Å². The monoisotopic (exact) mass is 489 g/mol. The Kier molecular flexibility index (Phi) is 6.24. The summed E-state index contributed by atoms with van der Waals surface area (Å²) in [5, 5.41) is 4.55. The summed E-state index contributed by atoms with van der Waals surface area (Å²) in [7, 11) is -1.82. The van der Waals surface area contributed by atoms with Crippen molar-refractivity contribution in [3.05, 3.63) is 47.0 Å². The number of rotatable bonds is 6. The molecule has 0 atom stereocenters. The Morgan fingerprint density at radius 1 is 1.21 bits per heavy atom. The largest absolute Gasteiger partial charge is 0.359 e. The highest BCUT2D eigenvalue weighted by Gasteiger charge is 2.26. The summed E-state index contributed by atoms with van der Waals surface area (Å²) < 4.78 is 43.0. The number of aromatic nitrogens is 3. The molecule has 2 heterocycles. The number of thiazole rings is 1. The van der Waals surface area contributed by atoms with Gasteiger partial charge in [-0.25, -0.2) is 27.5 Å². The molecule has 7 nitrogen and oxygen atoms in total. The second-order valence-corrected chi connectivity index (χ2v) is 11.8. The highest BCUT2D eigenvalue weighted by Crippen LogP contribution is 2.38. The first-order valence-corrected chi connectivity index (χ1v) is 13.7. The zero-order valence-electron chi connectivity index (χ0n) is 18.6. The first-order valence-electron chi connectivity index (χ1n) is 11.4. The van der Waals surface area contributed by atoms with E-state index in [2.05, 4.69) is 15.0 Å². The van der Waals surface area contributed by atoms with E-state index in [1.54, 1.807) is 29.0 Å². The van der Waals surface area contributed by atoms with Gasteiger partial charge in [0.05, 0.1) is 12.0 Å². The minimum Gasteiger partial charge on any atom is -0.359 e. The summed E-state index contributed by atoms with van der Waals surface area (Å²) >= 11 is 1.68. The van der Waals surface area contributed by atoms with Crippen LogP contribution in [0.25, 0.3) is 11.3 Å². The number of nitrogens with zero attached hydrogens (tertiary/aromatic N) is 3. The van der Waals surface area contributed by atoms with Gasteiger partial charge in [-0.15, -0.1) is 11.3 Å². The van der Waals surface area contributed by atoms with Crippen LogP contribution >= 0.6 is 11.3 Å². The van der Waals surface area contributed by atoms with Crippen molar-refractivity contribution in [2.45, 2.75) is 56.0 Å². The quantitative estimate of drug-likeness (QED) is 0.544. The van der Waals surface area contributed by atoms with Gasteiger partial charge < -0.3 is 9.88 Å². The van der Waals surface area contributed by atoms with E-state index in [9.17, 15) is 12.8 Å². The Hall–Kier alpha value is -2.30. The van der Waals surface area contributed by atoms with Gasteiger partial charge in [0.25, 0.3) is 10.0 Å². The molecule has 2 aliphatic rings. The second-order valence-electron chi connectivity index (χ2n) is 9.04. The zero-order chi connectivity index (χ0) is 23.0. The molecule has 176 valence electrons. The first kappa shape index (κ1) is 22.5. The van der Waals surface area contributed by atoms with E-state index in [1.165, 1.54) is 29.0 Å². The van der Waals surface area contributed by atoms with Crippen LogP contribution in [0.5, 0.6) is 0 Å². The van der Waals surface area contributed by atoms with Gasteiger partial charge in [-0.05, 0) is 68.6 Å². The van der Waals surface area contributed by atoms with Gasteiger partial charge in [0.2, 0.25) is 0 Å². The van der Waals surface area contributed by atoms with Gasteiger partial charge in [-0.2, -0.15) is 0 Å². The number of sulfonamides is 1. The first-order chi connectivity index (χ1) is 15.9. The molecule has 33 heavy (non-hydrogen) atoms. The van der Waals surface area contributed by atoms with Gasteiger partial charge >= 0.3 is 0 Å². The van der Waals surface area contributed by atoms with E-state index >= 15 is 0 Å². The van der Waals surface area contributed by atoms with Crippen LogP contribution in [0.3, 0.4) is 0 Å². The van der Waals surface area contributed by atoms with Crippen LogP contribution in [0.2, 0.25) is 0 Å². The molecule has 2 aromatic heterocycles. The van der Waals surface area contributed by atoms with Crippen molar-refractivity contribution >= 4 is 26.5 Å². The third kappa shape index (κ3) is 4.97. The van der Waals surface area contributed by atoms with E-state index in [0.29, 0.717) is 18.5 Å². The number of fused-ring (bicyclic) bond motifs is 3. The van der Waals surface area contributed by atoms with Crippen molar-refractivity contribution in [2.75, 3.05) is 11.9 Å².